The third-order valence-electron chi connectivity index (χ3n) is 5.40. The van der Waals surface area contributed by atoms with Crippen molar-refractivity contribution in [1.29, 1.82) is 0 Å². The van der Waals surface area contributed by atoms with E-state index in [0.717, 1.165) is 5.69 Å². The summed E-state index contributed by atoms with van der Waals surface area (Å²) in [6.07, 6.45) is 2.03. The van der Waals surface area contributed by atoms with Crippen LogP contribution in [0, 0.1) is 12.3 Å². The zero-order chi connectivity index (χ0) is 20.5. The SMILES string of the molecule is COCC1(C(=O)N2CC(c3cc(C)ccn3)C2)CCN(C(=O)OC(C)(C)C)C1. The molecule has 0 bridgehead atoms. The highest BCUT2D eigenvalue weighted by molar-refractivity contribution is 5.85. The summed E-state index contributed by atoms with van der Waals surface area (Å²) in [4.78, 5) is 33.6. The topological polar surface area (TPSA) is 72.0 Å². The number of amides is 2. The van der Waals surface area contributed by atoms with Crippen LogP contribution in [0.4, 0.5) is 4.79 Å². The molecule has 0 N–H and O–H groups in total. The molecule has 1 atom stereocenters. The molecule has 28 heavy (non-hydrogen) atoms. The molecule has 7 nitrogen and oxygen atoms in total. The lowest BCUT2D eigenvalue weighted by molar-refractivity contribution is -0.149. The Morgan fingerprint density at radius 1 is 1.29 bits per heavy atom. The van der Waals surface area contributed by atoms with Crippen LogP contribution in [0.25, 0.3) is 0 Å². The van der Waals surface area contributed by atoms with Crippen LogP contribution in [0.2, 0.25) is 0 Å². The van der Waals surface area contributed by atoms with Crippen molar-refractivity contribution in [2.24, 2.45) is 5.41 Å². The summed E-state index contributed by atoms with van der Waals surface area (Å²) in [5, 5.41) is 0. The molecular formula is C21H31N3O4. The van der Waals surface area contributed by atoms with Crippen LogP contribution >= 0.6 is 0 Å². The maximum absolute atomic E-state index is 13.3. The molecule has 154 valence electrons. The van der Waals surface area contributed by atoms with Gasteiger partial charge in [-0.15, -0.1) is 0 Å². The Morgan fingerprint density at radius 2 is 2.00 bits per heavy atom. The van der Waals surface area contributed by atoms with Crippen LogP contribution < -0.4 is 0 Å². The van der Waals surface area contributed by atoms with Gasteiger partial charge in [0.05, 0.1) is 12.0 Å². The predicted molar refractivity (Wildman–Crippen MR) is 105 cm³/mol. The third-order valence-corrected chi connectivity index (χ3v) is 5.40. The number of aromatic nitrogens is 1. The molecule has 3 heterocycles. The Bertz CT molecular complexity index is 739. The van der Waals surface area contributed by atoms with E-state index in [4.69, 9.17) is 9.47 Å². The number of rotatable bonds is 4. The van der Waals surface area contributed by atoms with E-state index >= 15 is 0 Å². The number of ether oxygens (including phenoxy) is 2. The molecule has 0 aromatic carbocycles. The van der Waals surface area contributed by atoms with Gasteiger partial charge in [0.2, 0.25) is 5.91 Å². The van der Waals surface area contributed by atoms with Gasteiger partial charge in [0.1, 0.15) is 5.60 Å². The van der Waals surface area contributed by atoms with Crippen LogP contribution in [0.15, 0.2) is 18.3 Å². The summed E-state index contributed by atoms with van der Waals surface area (Å²) >= 11 is 0. The maximum atomic E-state index is 13.3. The summed E-state index contributed by atoms with van der Waals surface area (Å²) < 4.78 is 10.9. The molecule has 2 aliphatic rings. The number of aryl methyl sites for hydroxylation is 1. The minimum absolute atomic E-state index is 0.0595. The third kappa shape index (κ3) is 4.29. The van der Waals surface area contributed by atoms with Gasteiger partial charge in [0, 0.05) is 51.1 Å². The molecule has 2 fully saturated rings. The molecular weight excluding hydrogens is 358 g/mol. The molecule has 2 saturated heterocycles. The van der Waals surface area contributed by atoms with Gasteiger partial charge in [-0.25, -0.2) is 4.79 Å². The van der Waals surface area contributed by atoms with Crippen molar-refractivity contribution in [1.82, 2.24) is 14.8 Å². The molecule has 1 aromatic heterocycles. The van der Waals surface area contributed by atoms with Crippen molar-refractivity contribution < 1.29 is 19.1 Å². The summed E-state index contributed by atoms with van der Waals surface area (Å²) in [5.74, 6) is 0.330. The number of hydrogen-bond donors (Lipinski definition) is 0. The maximum Gasteiger partial charge on any atom is 0.410 e. The fraction of sp³-hybridized carbons (Fsp3) is 0.667. The highest BCUT2D eigenvalue weighted by Crippen LogP contribution is 2.37. The molecule has 7 heteroatoms. The van der Waals surface area contributed by atoms with E-state index in [1.54, 1.807) is 12.0 Å². The second-order valence-corrected chi connectivity index (χ2v) is 9.03. The largest absolute Gasteiger partial charge is 0.444 e. The van der Waals surface area contributed by atoms with Crippen molar-refractivity contribution in [3.05, 3.63) is 29.6 Å². The van der Waals surface area contributed by atoms with Gasteiger partial charge < -0.3 is 19.3 Å². The van der Waals surface area contributed by atoms with Crippen molar-refractivity contribution >= 4 is 12.0 Å². The minimum Gasteiger partial charge on any atom is -0.444 e. The quantitative estimate of drug-likeness (QED) is 0.791. The summed E-state index contributed by atoms with van der Waals surface area (Å²) in [5.41, 5.74) is 0.955. The lowest BCUT2D eigenvalue weighted by Crippen LogP contribution is -2.56. The Kier molecular flexibility index (Phi) is 5.66. The van der Waals surface area contributed by atoms with Gasteiger partial charge in [0.25, 0.3) is 0 Å². The zero-order valence-electron chi connectivity index (χ0n) is 17.5. The van der Waals surface area contributed by atoms with E-state index in [1.165, 1.54) is 5.56 Å². The van der Waals surface area contributed by atoms with Gasteiger partial charge in [-0.05, 0) is 51.8 Å². The van der Waals surface area contributed by atoms with Gasteiger partial charge in [-0.3, -0.25) is 9.78 Å². The highest BCUT2D eigenvalue weighted by atomic mass is 16.6. The first kappa shape index (κ1) is 20.6. The van der Waals surface area contributed by atoms with Gasteiger partial charge in [0.15, 0.2) is 0 Å². The first-order valence-corrected chi connectivity index (χ1v) is 9.82. The van der Waals surface area contributed by atoms with Gasteiger partial charge in [-0.2, -0.15) is 0 Å². The number of hydrogen-bond acceptors (Lipinski definition) is 5. The first-order valence-electron chi connectivity index (χ1n) is 9.82. The average molecular weight is 389 g/mol. The number of pyridine rings is 1. The van der Waals surface area contributed by atoms with Crippen LogP contribution in [-0.4, -0.2) is 72.3 Å². The highest BCUT2D eigenvalue weighted by Gasteiger charge is 2.51. The lowest BCUT2D eigenvalue weighted by atomic mass is 9.83. The summed E-state index contributed by atoms with van der Waals surface area (Å²) in [6, 6.07) is 4.06. The molecule has 1 aromatic rings. The van der Waals surface area contributed by atoms with Crippen LogP contribution in [0.5, 0.6) is 0 Å². The van der Waals surface area contributed by atoms with Crippen molar-refractivity contribution in [3.63, 3.8) is 0 Å². The normalized spacial score (nSPS) is 22.9. The number of methoxy groups -OCH3 is 1. The lowest BCUT2D eigenvalue weighted by Gasteiger charge is -2.43. The van der Waals surface area contributed by atoms with Crippen molar-refractivity contribution in [2.45, 2.75) is 45.6 Å². The Morgan fingerprint density at radius 3 is 2.61 bits per heavy atom. The number of nitrogens with zero attached hydrogens (tertiary/aromatic N) is 3. The second kappa shape index (κ2) is 7.70. The monoisotopic (exact) mass is 389 g/mol. The molecule has 2 aliphatic heterocycles. The summed E-state index contributed by atoms with van der Waals surface area (Å²) in [6.45, 7) is 10.0. The predicted octanol–water partition coefficient (Wildman–Crippen LogP) is 2.59. The number of likely N-dealkylation sites (tertiary alicyclic amines) is 2. The summed E-state index contributed by atoms with van der Waals surface area (Å²) in [7, 11) is 1.60. The molecule has 0 spiro atoms. The molecule has 1 unspecified atom stereocenters. The van der Waals surface area contributed by atoms with Gasteiger partial charge >= 0.3 is 6.09 Å². The zero-order valence-corrected chi connectivity index (χ0v) is 17.5. The first-order chi connectivity index (χ1) is 13.1. The van der Waals surface area contributed by atoms with E-state index in [1.807, 2.05) is 44.9 Å². The molecule has 0 saturated carbocycles. The average Bonchev–Trinajstić information content (AvgIpc) is 2.98. The smallest absolute Gasteiger partial charge is 0.410 e. The van der Waals surface area contributed by atoms with E-state index in [0.29, 0.717) is 39.2 Å². The Balaban J connectivity index is 1.64. The van der Waals surface area contributed by atoms with Crippen LogP contribution in [0.3, 0.4) is 0 Å². The Labute approximate surface area is 167 Å². The fourth-order valence-corrected chi connectivity index (χ4v) is 3.93. The molecule has 3 rings (SSSR count). The fourth-order valence-electron chi connectivity index (χ4n) is 3.93. The van der Waals surface area contributed by atoms with Crippen molar-refractivity contribution in [2.75, 3.05) is 39.9 Å². The van der Waals surface area contributed by atoms with E-state index in [2.05, 4.69) is 11.1 Å². The van der Waals surface area contributed by atoms with Crippen LogP contribution in [-0.2, 0) is 14.3 Å². The minimum atomic E-state index is -0.698. The van der Waals surface area contributed by atoms with Crippen LogP contribution in [0.1, 0.15) is 44.4 Å². The van der Waals surface area contributed by atoms with Crippen molar-refractivity contribution in [3.8, 4) is 0 Å². The number of carbonyl (C=O) groups is 2. The second-order valence-electron chi connectivity index (χ2n) is 9.03. The Hall–Kier alpha value is -2.15. The number of carbonyl (C=O) groups excluding carboxylic acids is 2. The van der Waals surface area contributed by atoms with E-state index < -0.39 is 11.0 Å². The standard InChI is InChI=1S/C21H31N3O4/c1-15-6-8-22-17(10-15)16-11-24(12-16)18(25)21(14-27-5)7-9-23(13-21)19(26)28-20(2,3)4/h6,8,10,16H,7,9,11-14H2,1-5H3. The van der Waals surface area contributed by atoms with E-state index in [-0.39, 0.29) is 17.9 Å². The van der Waals surface area contributed by atoms with E-state index in [9.17, 15) is 9.59 Å². The molecule has 2 amide bonds. The van der Waals surface area contributed by atoms with Gasteiger partial charge in [-0.1, -0.05) is 0 Å². The molecule has 0 radical (unpaired) electrons. The molecule has 0 aliphatic carbocycles.